The number of carbonyl (C=O) groups excluding carboxylic acids is 1. The molecule has 2 N–H and O–H groups in total. The molecule has 1 saturated heterocycles. The van der Waals surface area contributed by atoms with Crippen molar-refractivity contribution < 1.29 is 27.4 Å². The molecule has 1 aromatic rings. The molecule has 1 fully saturated rings. The zero-order valence-electron chi connectivity index (χ0n) is 24.4. The van der Waals surface area contributed by atoms with Crippen LogP contribution in [-0.4, -0.2) is 68.9 Å². The van der Waals surface area contributed by atoms with Crippen molar-refractivity contribution in [2.75, 3.05) is 51.4 Å². The normalized spacial score (nSPS) is 17.8. The van der Waals surface area contributed by atoms with Gasteiger partial charge in [-0.05, 0) is 61.4 Å². The predicted molar refractivity (Wildman–Crippen MR) is 158 cm³/mol. The quantitative estimate of drug-likeness (QED) is 0.133. The molecule has 0 spiro atoms. The molecule has 1 amide bonds. The first-order valence-electron chi connectivity index (χ1n) is 14.5. The number of aliphatic imine (C=N–C) groups is 1. The zero-order valence-corrected chi connectivity index (χ0v) is 24.4. The first-order chi connectivity index (χ1) is 19.7. The van der Waals surface area contributed by atoms with Crippen molar-refractivity contribution in [2.24, 2.45) is 4.99 Å². The molecule has 3 rings (SSSR count). The summed E-state index contributed by atoms with van der Waals surface area (Å²) in [4.78, 5) is 18.0. The number of benzene rings is 1. The summed E-state index contributed by atoms with van der Waals surface area (Å²) in [6.45, 7) is 9.07. The van der Waals surface area contributed by atoms with Crippen LogP contribution in [-0.2, 0) is 20.7 Å². The summed E-state index contributed by atoms with van der Waals surface area (Å²) < 4.78 is 53.3. The van der Waals surface area contributed by atoms with Crippen LogP contribution in [0, 0.1) is 0 Å². The number of hydrogen-bond acceptors (Lipinski definition) is 5. The fourth-order valence-corrected chi connectivity index (χ4v) is 4.70. The minimum Gasteiger partial charge on any atom is -0.385 e. The lowest BCUT2D eigenvalue weighted by Gasteiger charge is -2.21. The Morgan fingerprint density at radius 3 is 2.66 bits per heavy atom. The van der Waals surface area contributed by atoms with E-state index in [2.05, 4.69) is 27.8 Å². The minimum atomic E-state index is -4.60. The lowest BCUT2D eigenvalue weighted by molar-refractivity contribution is -0.130. The van der Waals surface area contributed by atoms with E-state index < -0.39 is 11.7 Å². The summed E-state index contributed by atoms with van der Waals surface area (Å²) in [6.07, 6.45) is 3.62. The minimum absolute atomic E-state index is 0.00441. The number of allylic oxidation sites excluding steroid dienone is 2. The van der Waals surface area contributed by atoms with Crippen LogP contribution in [0.15, 0.2) is 52.8 Å². The molecule has 0 saturated carbocycles. The number of aryl methyl sites for hydroxylation is 1. The molecular weight excluding hydrogens is 533 g/mol. The van der Waals surface area contributed by atoms with Gasteiger partial charge in [0.05, 0.1) is 38.4 Å². The molecule has 7 nitrogen and oxygen atoms in total. The number of anilines is 1. The molecule has 0 unspecified atom stereocenters. The summed E-state index contributed by atoms with van der Waals surface area (Å²) >= 11 is 0. The third kappa shape index (κ3) is 10.3. The summed E-state index contributed by atoms with van der Waals surface area (Å²) in [5.41, 5.74) is 3.43. The van der Waals surface area contributed by atoms with Gasteiger partial charge in [-0.25, -0.2) is 4.99 Å². The van der Waals surface area contributed by atoms with Crippen LogP contribution in [0.25, 0.3) is 5.57 Å². The molecule has 2 heterocycles. The van der Waals surface area contributed by atoms with Crippen molar-refractivity contribution >= 4 is 23.0 Å². The van der Waals surface area contributed by atoms with Crippen LogP contribution in [0.4, 0.5) is 18.9 Å². The van der Waals surface area contributed by atoms with Gasteiger partial charge in [-0.15, -0.1) is 0 Å². The Kier molecular flexibility index (Phi) is 12.9. The molecule has 0 atom stereocenters. The van der Waals surface area contributed by atoms with Crippen LogP contribution in [0.1, 0.15) is 64.0 Å². The van der Waals surface area contributed by atoms with E-state index in [1.165, 1.54) is 5.57 Å². The van der Waals surface area contributed by atoms with Crippen LogP contribution < -0.4 is 10.6 Å². The Bertz CT molecular complexity index is 1140. The van der Waals surface area contributed by atoms with Gasteiger partial charge >= 0.3 is 6.18 Å². The van der Waals surface area contributed by atoms with Crippen LogP contribution in [0.2, 0.25) is 0 Å². The fraction of sp³-hybridized carbons (Fsp3) is 0.548. The number of carbonyl (C=O) groups is 1. The molecule has 226 valence electrons. The van der Waals surface area contributed by atoms with Gasteiger partial charge in [0, 0.05) is 37.2 Å². The summed E-state index contributed by atoms with van der Waals surface area (Å²) in [7, 11) is 0. The van der Waals surface area contributed by atoms with Crippen LogP contribution >= 0.6 is 0 Å². The monoisotopic (exact) mass is 576 g/mol. The van der Waals surface area contributed by atoms with Crippen molar-refractivity contribution in [1.29, 1.82) is 0 Å². The van der Waals surface area contributed by atoms with Crippen molar-refractivity contribution in [1.82, 2.24) is 10.2 Å². The van der Waals surface area contributed by atoms with E-state index in [0.717, 1.165) is 35.9 Å². The van der Waals surface area contributed by atoms with Gasteiger partial charge in [-0.3, -0.25) is 4.79 Å². The van der Waals surface area contributed by atoms with Gasteiger partial charge in [-0.2, -0.15) is 13.2 Å². The first-order valence-corrected chi connectivity index (χ1v) is 14.5. The van der Waals surface area contributed by atoms with Crippen molar-refractivity contribution in [3.8, 4) is 0 Å². The zero-order chi connectivity index (χ0) is 29.7. The number of hydrogen-bond donors (Lipinski definition) is 2. The predicted octanol–water partition coefficient (Wildman–Crippen LogP) is 6.24. The highest BCUT2D eigenvalue weighted by Crippen LogP contribution is 2.31. The number of ether oxygens (including phenoxy) is 2. The summed E-state index contributed by atoms with van der Waals surface area (Å²) in [6, 6.07) is 6.09. The maximum absolute atomic E-state index is 14.2. The SMILES string of the molecule is CCC/C=C(NCCCN1CCOCCC1=O)/C(=C\N=C(C)Nc1ccc(C2=CCOCC2)cc1CC)C(F)(F)F. The first kappa shape index (κ1) is 32.4. The van der Waals surface area contributed by atoms with Gasteiger partial charge in [0.25, 0.3) is 0 Å². The number of rotatable bonds is 12. The van der Waals surface area contributed by atoms with Gasteiger partial charge in [0.15, 0.2) is 0 Å². The van der Waals surface area contributed by atoms with E-state index in [9.17, 15) is 18.0 Å². The Labute approximate surface area is 241 Å². The summed E-state index contributed by atoms with van der Waals surface area (Å²) in [5.74, 6) is 0.371. The van der Waals surface area contributed by atoms with Gasteiger partial charge < -0.3 is 25.0 Å². The molecule has 0 radical (unpaired) electrons. The second-order valence-electron chi connectivity index (χ2n) is 10.1. The van der Waals surface area contributed by atoms with E-state index in [1.807, 2.05) is 26.0 Å². The van der Waals surface area contributed by atoms with Gasteiger partial charge in [0.1, 0.15) is 5.84 Å². The average Bonchev–Trinajstić information content (AvgIpc) is 3.17. The number of nitrogens with one attached hydrogen (secondary N) is 2. The molecule has 0 aromatic heterocycles. The molecule has 0 aliphatic carbocycles. The standard InChI is InChI=1S/C31H43F3N4O3/c1-4-6-8-29(35-14-7-15-38-16-20-41-19-13-30(38)39)27(31(32,33)34)22-36-23(3)37-28-10-9-26(21-24(28)5-2)25-11-17-40-18-12-25/h8-11,21-22,35H,4-7,12-20H2,1-3H3,(H,36,37)/b27-22+,29-8-. The van der Waals surface area contributed by atoms with Crippen LogP contribution in [0.5, 0.6) is 0 Å². The molecule has 1 aromatic carbocycles. The maximum Gasteiger partial charge on any atom is 0.419 e. The Morgan fingerprint density at radius 2 is 1.95 bits per heavy atom. The molecule has 41 heavy (non-hydrogen) atoms. The van der Waals surface area contributed by atoms with E-state index in [1.54, 1.807) is 17.9 Å². The second-order valence-corrected chi connectivity index (χ2v) is 10.1. The number of halogens is 3. The van der Waals surface area contributed by atoms with Gasteiger partial charge in [-0.1, -0.05) is 38.5 Å². The Hall–Kier alpha value is -3.11. The lowest BCUT2D eigenvalue weighted by Crippen LogP contribution is -2.34. The van der Waals surface area contributed by atoms with Crippen molar-refractivity contribution in [3.05, 3.63) is 58.9 Å². The van der Waals surface area contributed by atoms with E-state index in [0.29, 0.717) is 77.6 Å². The molecule has 10 heteroatoms. The molecule has 2 aliphatic rings. The largest absolute Gasteiger partial charge is 0.419 e. The Balaban J connectivity index is 1.72. The molecular formula is C31H43F3N4O3. The maximum atomic E-state index is 14.2. The average molecular weight is 577 g/mol. The number of amides is 1. The highest BCUT2D eigenvalue weighted by atomic mass is 19.4. The molecule has 2 aliphatic heterocycles. The third-order valence-electron chi connectivity index (χ3n) is 6.99. The van der Waals surface area contributed by atoms with E-state index in [4.69, 9.17) is 9.47 Å². The second kappa shape index (κ2) is 16.4. The van der Waals surface area contributed by atoms with E-state index >= 15 is 0 Å². The molecule has 0 bridgehead atoms. The third-order valence-corrected chi connectivity index (χ3v) is 6.99. The van der Waals surface area contributed by atoms with Crippen molar-refractivity contribution in [2.45, 2.75) is 65.5 Å². The highest BCUT2D eigenvalue weighted by Gasteiger charge is 2.36. The fourth-order valence-electron chi connectivity index (χ4n) is 4.70. The lowest BCUT2D eigenvalue weighted by atomic mass is 9.97. The highest BCUT2D eigenvalue weighted by molar-refractivity contribution is 5.95. The summed E-state index contributed by atoms with van der Waals surface area (Å²) in [5, 5.41) is 6.14. The van der Waals surface area contributed by atoms with Gasteiger partial charge in [0.2, 0.25) is 5.91 Å². The Morgan fingerprint density at radius 1 is 1.15 bits per heavy atom. The smallest absolute Gasteiger partial charge is 0.385 e. The number of unbranched alkanes of at least 4 members (excludes halogenated alkanes) is 1. The number of alkyl halides is 3. The topological polar surface area (TPSA) is 75.2 Å². The number of nitrogens with zero attached hydrogens (tertiary/aromatic N) is 2. The number of amidine groups is 1. The van der Waals surface area contributed by atoms with Crippen LogP contribution in [0.3, 0.4) is 0 Å². The van der Waals surface area contributed by atoms with E-state index in [-0.39, 0.29) is 11.6 Å². The van der Waals surface area contributed by atoms with Crippen molar-refractivity contribution in [3.63, 3.8) is 0 Å².